The molecule has 4 aromatic rings. The molecule has 5 rings (SSSR count). The first-order valence-electron chi connectivity index (χ1n) is 10.3. The number of aromatic hydroxyl groups is 1. The average molecular weight is 433 g/mol. The zero-order valence-corrected chi connectivity index (χ0v) is 18.2. The van der Waals surface area contributed by atoms with Gasteiger partial charge in [0.25, 0.3) is 0 Å². The lowest BCUT2D eigenvalue weighted by Crippen LogP contribution is -2.47. The fraction of sp³-hybridized carbons (Fsp3) is 0.250. The Labute approximate surface area is 185 Å². The van der Waals surface area contributed by atoms with Crippen LogP contribution in [0.5, 0.6) is 5.75 Å². The van der Waals surface area contributed by atoms with Crippen LogP contribution in [0.15, 0.2) is 60.0 Å². The van der Waals surface area contributed by atoms with Gasteiger partial charge in [-0.2, -0.15) is 0 Å². The Morgan fingerprint density at radius 3 is 2.48 bits per heavy atom. The summed E-state index contributed by atoms with van der Waals surface area (Å²) in [6.07, 6.45) is 0. The molecule has 1 aliphatic rings. The highest BCUT2D eigenvalue weighted by atomic mass is 32.1. The van der Waals surface area contributed by atoms with Crippen molar-refractivity contribution in [2.75, 3.05) is 43.1 Å². The molecule has 1 N–H and O–H groups in total. The predicted molar refractivity (Wildman–Crippen MR) is 126 cm³/mol. The van der Waals surface area contributed by atoms with E-state index in [-0.39, 0.29) is 0 Å². The van der Waals surface area contributed by atoms with Crippen molar-refractivity contribution >= 4 is 33.1 Å². The zero-order valence-electron chi connectivity index (χ0n) is 17.4. The van der Waals surface area contributed by atoms with Crippen LogP contribution < -0.4 is 9.80 Å². The molecule has 1 saturated heterocycles. The van der Waals surface area contributed by atoms with Crippen LogP contribution in [0.2, 0.25) is 0 Å². The summed E-state index contributed by atoms with van der Waals surface area (Å²) in [7, 11) is 1.67. The van der Waals surface area contributed by atoms with Gasteiger partial charge in [-0.25, -0.2) is 9.97 Å². The van der Waals surface area contributed by atoms with Gasteiger partial charge in [0.2, 0.25) is 0 Å². The molecule has 31 heavy (non-hydrogen) atoms. The molecular formula is C24H24N4O2S. The highest BCUT2D eigenvalue weighted by Gasteiger charge is 2.24. The third-order valence-electron chi connectivity index (χ3n) is 5.59. The molecule has 0 bridgehead atoms. The number of nitrogens with zero attached hydrogens (tertiary/aromatic N) is 4. The third kappa shape index (κ3) is 3.94. The second-order valence-corrected chi connectivity index (χ2v) is 8.44. The summed E-state index contributed by atoms with van der Waals surface area (Å²) in [5, 5.41) is 13.1. The van der Waals surface area contributed by atoms with Gasteiger partial charge >= 0.3 is 0 Å². The van der Waals surface area contributed by atoms with Crippen LogP contribution in [0.25, 0.3) is 21.3 Å². The van der Waals surface area contributed by atoms with Gasteiger partial charge in [-0.3, -0.25) is 0 Å². The van der Waals surface area contributed by atoms with E-state index in [2.05, 4.69) is 39.4 Å². The topological polar surface area (TPSA) is 61.7 Å². The molecule has 2 aromatic carbocycles. The van der Waals surface area contributed by atoms with Crippen molar-refractivity contribution in [3.05, 3.63) is 65.8 Å². The molecule has 0 amide bonds. The summed E-state index contributed by atoms with van der Waals surface area (Å²) in [4.78, 5) is 15.3. The SMILES string of the molecule is COCc1nc(N2CCN(c3cccc(O)c3)CC2)c2c(-c3ccccc3)csc2n1. The number of hydrogen-bond donors (Lipinski definition) is 1. The standard InChI is InChI=1S/C24H24N4O2S/c1-30-15-21-25-23(22-20(16-31-24(22)26-21)17-6-3-2-4-7-17)28-12-10-27(11-13-28)18-8-5-9-19(29)14-18/h2-9,14,16,29H,10-13,15H2,1H3. The van der Waals surface area contributed by atoms with Gasteiger partial charge in [0.1, 0.15) is 23.0 Å². The van der Waals surface area contributed by atoms with Gasteiger partial charge < -0.3 is 19.6 Å². The second kappa shape index (κ2) is 8.53. The van der Waals surface area contributed by atoms with Gasteiger partial charge in [0.15, 0.2) is 5.82 Å². The Morgan fingerprint density at radius 2 is 1.74 bits per heavy atom. The summed E-state index contributed by atoms with van der Waals surface area (Å²) >= 11 is 1.65. The number of benzene rings is 2. The van der Waals surface area contributed by atoms with Crippen LogP contribution in [0.3, 0.4) is 0 Å². The normalized spacial score (nSPS) is 14.4. The third-order valence-corrected chi connectivity index (χ3v) is 6.47. The molecule has 0 spiro atoms. The number of hydrogen-bond acceptors (Lipinski definition) is 7. The quantitative estimate of drug-likeness (QED) is 0.500. The molecular weight excluding hydrogens is 408 g/mol. The fourth-order valence-electron chi connectivity index (χ4n) is 4.09. The largest absolute Gasteiger partial charge is 0.508 e. The molecule has 0 radical (unpaired) electrons. The number of piperazine rings is 1. The minimum Gasteiger partial charge on any atom is -0.508 e. The van der Waals surface area contributed by atoms with E-state index in [1.165, 1.54) is 11.1 Å². The van der Waals surface area contributed by atoms with Crippen molar-refractivity contribution in [1.29, 1.82) is 0 Å². The van der Waals surface area contributed by atoms with E-state index in [9.17, 15) is 5.11 Å². The molecule has 0 unspecified atom stereocenters. The number of phenolic OH excluding ortho intramolecular Hbond substituents is 1. The molecule has 1 aliphatic heterocycles. The molecule has 7 heteroatoms. The number of rotatable bonds is 5. The zero-order chi connectivity index (χ0) is 21.2. The van der Waals surface area contributed by atoms with Crippen molar-refractivity contribution < 1.29 is 9.84 Å². The van der Waals surface area contributed by atoms with Crippen molar-refractivity contribution in [2.24, 2.45) is 0 Å². The Kier molecular flexibility index (Phi) is 5.44. The van der Waals surface area contributed by atoms with Crippen LogP contribution in [0, 0.1) is 0 Å². The van der Waals surface area contributed by atoms with Crippen molar-refractivity contribution in [2.45, 2.75) is 6.61 Å². The Bertz CT molecular complexity index is 1190. The first kappa shape index (κ1) is 19.8. The van der Waals surface area contributed by atoms with Crippen LogP contribution >= 0.6 is 11.3 Å². The van der Waals surface area contributed by atoms with Crippen LogP contribution in [-0.2, 0) is 11.3 Å². The average Bonchev–Trinajstić information content (AvgIpc) is 3.24. The highest BCUT2D eigenvalue weighted by molar-refractivity contribution is 7.17. The van der Waals surface area contributed by atoms with Crippen LogP contribution in [0.1, 0.15) is 5.82 Å². The van der Waals surface area contributed by atoms with Crippen molar-refractivity contribution in [3.63, 3.8) is 0 Å². The molecule has 0 atom stereocenters. The van der Waals surface area contributed by atoms with Gasteiger partial charge in [-0.1, -0.05) is 36.4 Å². The first-order chi connectivity index (χ1) is 15.2. The summed E-state index contributed by atoms with van der Waals surface area (Å²) in [6, 6.07) is 17.9. The minimum absolute atomic E-state index is 0.299. The van der Waals surface area contributed by atoms with E-state index in [1.807, 2.05) is 24.3 Å². The van der Waals surface area contributed by atoms with Gasteiger partial charge in [-0.05, 0) is 17.7 Å². The number of thiophene rings is 1. The maximum Gasteiger partial charge on any atom is 0.158 e. The summed E-state index contributed by atoms with van der Waals surface area (Å²) in [6.45, 7) is 3.81. The number of aromatic nitrogens is 2. The molecule has 2 aromatic heterocycles. The molecule has 3 heterocycles. The number of anilines is 2. The Morgan fingerprint density at radius 1 is 0.968 bits per heavy atom. The summed E-state index contributed by atoms with van der Waals surface area (Å²) < 4.78 is 5.33. The summed E-state index contributed by atoms with van der Waals surface area (Å²) in [5.41, 5.74) is 3.40. The maximum atomic E-state index is 9.82. The van der Waals surface area contributed by atoms with Crippen LogP contribution in [0.4, 0.5) is 11.5 Å². The lowest BCUT2D eigenvalue weighted by molar-refractivity contribution is 0.178. The number of methoxy groups -OCH3 is 1. The Balaban J connectivity index is 1.50. The number of ether oxygens (including phenoxy) is 1. The van der Waals surface area contributed by atoms with E-state index >= 15 is 0 Å². The lowest BCUT2D eigenvalue weighted by Gasteiger charge is -2.37. The Hall–Kier alpha value is -3.16. The smallest absolute Gasteiger partial charge is 0.158 e. The van der Waals surface area contributed by atoms with Gasteiger partial charge in [0, 0.05) is 56.0 Å². The molecule has 1 fully saturated rings. The van der Waals surface area contributed by atoms with Gasteiger partial charge in [-0.15, -0.1) is 11.3 Å². The number of fused-ring (bicyclic) bond motifs is 1. The van der Waals surface area contributed by atoms with E-state index in [1.54, 1.807) is 24.5 Å². The first-order valence-corrected chi connectivity index (χ1v) is 11.2. The monoisotopic (exact) mass is 432 g/mol. The lowest BCUT2D eigenvalue weighted by atomic mass is 10.1. The summed E-state index contributed by atoms with van der Waals surface area (Å²) in [5.74, 6) is 1.99. The molecule has 0 saturated carbocycles. The van der Waals surface area contributed by atoms with E-state index in [0.717, 1.165) is 47.9 Å². The molecule has 158 valence electrons. The van der Waals surface area contributed by atoms with Crippen molar-refractivity contribution in [3.8, 4) is 16.9 Å². The molecule has 0 aliphatic carbocycles. The van der Waals surface area contributed by atoms with Crippen molar-refractivity contribution in [1.82, 2.24) is 9.97 Å². The highest BCUT2D eigenvalue weighted by Crippen LogP contribution is 2.38. The van der Waals surface area contributed by atoms with Crippen LogP contribution in [-0.4, -0.2) is 48.4 Å². The fourth-order valence-corrected chi connectivity index (χ4v) is 5.05. The molecule has 6 nitrogen and oxygen atoms in total. The second-order valence-electron chi connectivity index (χ2n) is 7.59. The predicted octanol–water partition coefficient (Wildman–Crippen LogP) is 4.54. The maximum absolute atomic E-state index is 9.82. The van der Waals surface area contributed by atoms with E-state index in [4.69, 9.17) is 14.7 Å². The minimum atomic E-state index is 0.299. The van der Waals surface area contributed by atoms with Gasteiger partial charge in [0.05, 0.1) is 5.39 Å². The number of phenols is 1. The van der Waals surface area contributed by atoms with E-state index < -0.39 is 0 Å². The van der Waals surface area contributed by atoms with E-state index in [0.29, 0.717) is 18.2 Å².